The summed E-state index contributed by atoms with van der Waals surface area (Å²) in [5.41, 5.74) is -2.53. The van der Waals surface area contributed by atoms with Crippen LogP contribution in [0.5, 0.6) is 11.8 Å². The summed E-state index contributed by atoms with van der Waals surface area (Å²) in [5, 5.41) is 11.2. The molecule has 3 aromatic carbocycles. The third-order valence-corrected chi connectivity index (χ3v) is 10.1. The average molecular weight is 650 g/mol. The zero-order chi connectivity index (χ0) is 33.1. The summed E-state index contributed by atoms with van der Waals surface area (Å²) in [6.45, 7) is 6.49. The smallest absolute Gasteiger partial charge is 0.417 e. The van der Waals surface area contributed by atoms with Crippen LogP contribution >= 0.6 is 0 Å². The van der Waals surface area contributed by atoms with E-state index in [4.69, 9.17) is 4.74 Å². The van der Waals surface area contributed by atoms with Crippen LogP contribution < -0.4 is 9.64 Å². The number of hydrogen-bond donors (Lipinski definition) is 1. The van der Waals surface area contributed by atoms with Crippen molar-refractivity contribution in [1.82, 2.24) is 19.8 Å². The lowest BCUT2D eigenvalue weighted by molar-refractivity contribution is -0.137. The van der Waals surface area contributed by atoms with Crippen LogP contribution in [0.4, 0.5) is 23.4 Å². The second-order valence-electron chi connectivity index (χ2n) is 12.8. The molecule has 0 bridgehead atoms. The molecular weight excluding hydrogens is 614 g/mol. The molecule has 246 valence electrons. The summed E-state index contributed by atoms with van der Waals surface area (Å²) in [4.78, 5) is 27.0. The topological polar surface area (TPSA) is 82.0 Å². The number of phenolic OH excluding ortho intramolecular Hbond substituents is 1. The Kier molecular flexibility index (Phi) is 7.73. The molecule has 12 heteroatoms. The van der Waals surface area contributed by atoms with E-state index in [9.17, 15) is 23.1 Å². The largest absolute Gasteiger partial charge is 0.508 e. The van der Waals surface area contributed by atoms with Crippen molar-refractivity contribution in [2.24, 2.45) is 0 Å². The molecule has 0 aliphatic carbocycles. The van der Waals surface area contributed by atoms with E-state index in [0.717, 1.165) is 50.9 Å². The SMILES string of the molecule is C=CC(=O)N1CCC(N(C)c2nc(OCC34CCCN3CCC4)nc3c(F)c(-c4cc(O)cc5ccccc45)c(C(F)(F)F)cc23)C1. The average Bonchev–Trinajstić information content (AvgIpc) is 3.79. The number of ether oxygens (including phenoxy) is 1. The minimum absolute atomic E-state index is 0.0758. The van der Waals surface area contributed by atoms with E-state index in [1.54, 1.807) is 41.1 Å². The standard InChI is InChI=1S/C35H35F4N5O3/c1-3-28(46)43-15-10-22(19-43)42(2)32-26-18-27(35(37,38)39)29(25-17-23(45)16-21-8-4-5-9-24(21)25)30(36)31(26)40-33(41-32)47-20-34-11-6-13-44(34)14-7-12-34/h3-5,8-9,16-18,22,45H,1,6-7,10-15,19-20H2,2H3. The third-order valence-electron chi connectivity index (χ3n) is 10.1. The third kappa shape index (κ3) is 5.42. The van der Waals surface area contributed by atoms with Gasteiger partial charge in [-0.25, -0.2) is 4.39 Å². The van der Waals surface area contributed by atoms with Crippen LogP contribution in [0, 0.1) is 5.82 Å². The van der Waals surface area contributed by atoms with Crippen LogP contribution in [-0.2, 0) is 11.0 Å². The lowest BCUT2D eigenvalue weighted by Crippen LogP contribution is -2.43. The van der Waals surface area contributed by atoms with Gasteiger partial charge in [0.1, 0.15) is 23.7 Å². The minimum Gasteiger partial charge on any atom is -0.508 e. The lowest BCUT2D eigenvalue weighted by Gasteiger charge is -2.32. The quantitative estimate of drug-likeness (QED) is 0.180. The van der Waals surface area contributed by atoms with E-state index in [-0.39, 0.29) is 58.1 Å². The van der Waals surface area contributed by atoms with Gasteiger partial charge in [0.05, 0.1) is 11.1 Å². The van der Waals surface area contributed by atoms with Gasteiger partial charge in [0.25, 0.3) is 0 Å². The first-order valence-electron chi connectivity index (χ1n) is 15.8. The molecule has 3 fully saturated rings. The number of alkyl halides is 3. The Morgan fingerprint density at radius 1 is 1.13 bits per heavy atom. The minimum atomic E-state index is -4.96. The van der Waals surface area contributed by atoms with Crippen LogP contribution in [0.3, 0.4) is 0 Å². The summed E-state index contributed by atoms with van der Waals surface area (Å²) < 4.78 is 67.8. The maximum Gasteiger partial charge on any atom is 0.417 e. The van der Waals surface area contributed by atoms with Gasteiger partial charge < -0.3 is 19.6 Å². The second-order valence-corrected chi connectivity index (χ2v) is 12.8. The van der Waals surface area contributed by atoms with E-state index >= 15 is 4.39 Å². The number of carbonyl (C=O) groups excluding carboxylic acids is 1. The van der Waals surface area contributed by atoms with Crippen LogP contribution in [0.2, 0.25) is 0 Å². The van der Waals surface area contributed by atoms with Gasteiger partial charge >= 0.3 is 12.2 Å². The van der Waals surface area contributed by atoms with Crippen LogP contribution in [0.1, 0.15) is 37.7 Å². The van der Waals surface area contributed by atoms with Crippen LogP contribution in [-0.4, -0.2) is 82.2 Å². The number of nitrogens with zero attached hydrogens (tertiary/aromatic N) is 5. The van der Waals surface area contributed by atoms with Gasteiger partial charge in [-0.1, -0.05) is 30.8 Å². The van der Waals surface area contributed by atoms with Gasteiger partial charge in [-0.3, -0.25) is 9.69 Å². The number of phenols is 1. The number of rotatable bonds is 7. The van der Waals surface area contributed by atoms with Gasteiger partial charge in [-0.05, 0) is 85.8 Å². The molecule has 1 aromatic heterocycles. The van der Waals surface area contributed by atoms with Crippen molar-refractivity contribution in [3.05, 3.63) is 66.5 Å². The monoisotopic (exact) mass is 649 g/mol. The van der Waals surface area contributed by atoms with E-state index in [0.29, 0.717) is 30.3 Å². The number of anilines is 1. The molecule has 0 radical (unpaired) electrons. The van der Waals surface area contributed by atoms with Crippen LogP contribution in [0.15, 0.2) is 55.1 Å². The number of amides is 1. The van der Waals surface area contributed by atoms with Crippen molar-refractivity contribution in [2.45, 2.75) is 49.9 Å². The van der Waals surface area contributed by atoms with Gasteiger partial charge in [-0.15, -0.1) is 0 Å². The highest BCUT2D eigenvalue weighted by Gasteiger charge is 2.45. The molecule has 1 unspecified atom stereocenters. The van der Waals surface area contributed by atoms with E-state index < -0.39 is 23.1 Å². The van der Waals surface area contributed by atoms with Gasteiger partial charge in [0.15, 0.2) is 5.82 Å². The molecule has 3 saturated heterocycles. The number of fused-ring (bicyclic) bond motifs is 3. The summed E-state index contributed by atoms with van der Waals surface area (Å²) in [7, 11) is 1.67. The molecule has 0 spiro atoms. The number of likely N-dealkylation sites (tertiary alicyclic amines) is 1. The first-order chi connectivity index (χ1) is 22.5. The first kappa shape index (κ1) is 31.2. The Bertz CT molecular complexity index is 1890. The molecule has 3 aliphatic rings. The Balaban J connectivity index is 1.42. The van der Waals surface area contributed by atoms with Crippen molar-refractivity contribution in [2.75, 3.05) is 44.7 Å². The molecule has 7 rings (SSSR count). The highest BCUT2D eigenvalue weighted by Crippen LogP contribution is 2.46. The van der Waals surface area contributed by atoms with E-state index in [2.05, 4.69) is 21.4 Å². The Hall–Kier alpha value is -4.45. The maximum absolute atomic E-state index is 17.0. The predicted octanol–water partition coefficient (Wildman–Crippen LogP) is 6.54. The molecule has 8 nitrogen and oxygen atoms in total. The normalized spacial score (nSPS) is 19.4. The Labute approximate surface area is 269 Å². The summed E-state index contributed by atoms with van der Waals surface area (Å²) in [6, 6.07) is 9.58. The number of benzene rings is 3. The Morgan fingerprint density at radius 2 is 1.87 bits per heavy atom. The molecule has 1 N–H and O–H groups in total. The van der Waals surface area contributed by atoms with Crippen molar-refractivity contribution in [3.63, 3.8) is 0 Å². The maximum atomic E-state index is 17.0. The Morgan fingerprint density at radius 3 is 2.60 bits per heavy atom. The molecule has 1 amide bonds. The van der Waals surface area contributed by atoms with Crippen molar-refractivity contribution < 1.29 is 32.2 Å². The van der Waals surface area contributed by atoms with Gasteiger partial charge in [0, 0.05) is 37.1 Å². The molecular formula is C35H35F4N5O3. The van der Waals surface area contributed by atoms with Crippen molar-refractivity contribution in [3.8, 4) is 22.9 Å². The van der Waals surface area contributed by atoms with Gasteiger partial charge in [0.2, 0.25) is 5.91 Å². The number of aromatic nitrogens is 2. The second kappa shape index (κ2) is 11.7. The fraction of sp³-hybridized carbons (Fsp3) is 0.400. The predicted molar refractivity (Wildman–Crippen MR) is 171 cm³/mol. The molecule has 4 aromatic rings. The lowest BCUT2D eigenvalue weighted by atomic mass is 9.92. The van der Waals surface area contributed by atoms with Crippen molar-refractivity contribution in [1.29, 1.82) is 0 Å². The number of hydrogen-bond acceptors (Lipinski definition) is 7. The van der Waals surface area contributed by atoms with E-state index in [1.807, 2.05) is 0 Å². The summed E-state index contributed by atoms with van der Waals surface area (Å²) in [5.74, 6) is -1.66. The first-order valence-corrected chi connectivity index (χ1v) is 15.8. The highest BCUT2D eigenvalue weighted by atomic mass is 19.4. The zero-order valence-electron chi connectivity index (χ0n) is 26.0. The summed E-state index contributed by atoms with van der Waals surface area (Å²) >= 11 is 0. The fourth-order valence-corrected chi connectivity index (χ4v) is 7.73. The molecule has 4 heterocycles. The number of halogens is 4. The van der Waals surface area contributed by atoms with E-state index in [1.165, 1.54) is 12.1 Å². The molecule has 3 aliphatic heterocycles. The highest BCUT2D eigenvalue weighted by molar-refractivity contribution is 6.02. The van der Waals surface area contributed by atoms with Crippen LogP contribution in [0.25, 0.3) is 32.8 Å². The van der Waals surface area contributed by atoms with Gasteiger partial charge in [-0.2, -0.15) is 23.1 Å². The number of likely N-dealkylation sites (N-methyl/N-ethyl adjacent to an activating group) is 1. The number of aromatic hydroxyl groups is 1. The molecule has 0 saturated carbocycles. The van der Waals surface area contributed by atoms with Crippen molar-refractivity contribution >= 4 is 33.4 Å². The fourth-order valence-electron chi connectivity index (χ4n) is 7.73. The summed E-state index contributed by atoms with van der Waals surface area (Å²) in [6.07, 6.45) is 0.747. The number of carbonyl (C=O) groups is 1. The molecule has 47 heavy (non-hydrogen) atoms. The zero-order valence-corrected chi connectivity index (χ0v) is 26.0. The molecule has 1 atom stereocenters.